The molecule has 17 heavy (non-hydrogen) atoms. The molecule has 0 aliphatic carbocycles. The average Bonchev–Trinajstić information content (AvgIpc) is 2.27. The summed E-state index contributed by atoms with van der Waals surface area (Å²) in [6.07, 6.45) is 0. The summed E-state index contributed by atoms with van der Waals surface area (Å²) in [6, 6.07) is 7.35. The van der Waals surface area contributed by atoms with Gasteiger partial charge in [-0.3, -0.25) is 4.79 Å². The number of rotatable bonds is 4. The van der Waals surface area contributed by atoms with Crippen molar-refractivity contribution in [3.05, 3.63) is 29.8 Å². The zero-order chi connectivity index (χ0) is 12.8. The molecule has 0 fully saturated rings. The molecular formula is C13H17NO3. The van der Waals surface area contributed by atoms with E-state index in [1.54, 1.807) is 12.1 Å². The maximum Gasteiger partial charge on any atom is 0.330 e. The number of nitrogens with one attached hydrogen (secondary N) is 1. The van der Waals surface area contributed by atoms with E-state index in [0.717, 1.165) is 0 Å². The summed E-state index contributed by atoms with van der Waals surface area (Å²) in [5.41, 5.74) is 1.19. The third kappa shape index (κ3) is 4.68. The van der Waals surface area contributed by atoms with Crippen molar-refractivity contribution in [2.24, 2.45) is 0 Å². The van der Waals surface area contributed by atoms with Gasteiger partial charge in [-0.2, -0.15) is 0 Å². The molecule has 0 unspecified atom stereocenters. The Morgan fingerprint density at radius 3 is 2.29 bits per heavy atom. The van der Waals surface area contributed by atoms with E-state index in [2.05, 4.69) is 19.2 Å². The summed E-state index contributed by atoms with van der Waals surface area (Å²) in [4.78, 5) is 21.9. The van der Waals surface area contributed by atoms with Gasteiger partial charge in [-0.05, 0) is 23.6 Å². The highest BCUT2D eigenvalue weighted by atomic mass is 16.5. The first-order valence-corrected chi connectivity index (χ1v) is 5.54. The lowest BCUT2D eigenvalue weighted by Crippen LogP contribution is -2.29. The van der Waals surface area contributed by atoms with Crippen LogP contribution in [0.25, 0.3) is 0 Å². The topological polar surface area (TPSA) is 55.4 Å². The van der Waals surface area contributed by atoms with Gasteiger partial charge in [-0.15, -0.1) is 0 Å². The van der Waals surface area contributed by atoms with E-state index in [1.165, 1.54) is 12.5 Å². The highest BCUT2D eigenvalue weighted by molar-refractivity contribution is 5.81. The Hall–Kier alpha value is -1.84. The molecule has 0 aliphatic rings. The Kier molecular flexibility index (Phi) is 4.69. The van der Waals surface area contributed by atoms with Gasteiger partial charge in [-0.1, -0.05) is 26.0 Å². The standard InChI is InChI=1S/C13H17NO3/c1-9(2)11-4-6-12(7-5-11)17-13(16)8-14-10(3)15/h4-7,9H,8H2,1-3H3,(H,14,15). The Balaban J connectivity index is 2.51. The Morgan fingerprint density at radius 2 is 1.82 bits per heavy atom. The highest BCUT2D eigenvalue weighted by Crippen LogP contribution is 2.18. The molecule has 4 nitrogen and oxygen atoms in total. The van der Waals surface area contributed by atoms with E-state index in [0.29, 0.717) is 11.7 Å². The normalized spacial score (nSPS) is 10.1. The van der Waals surface area contributed by atoms with Gasteiger partial charge in [0.2, 0.25) is 5.91 Å². The molecule has 0 aliphatic heterocycles. The van der Waals surface area contributed by atoms with E-state index in [4.69, 9.17) is 4.74 Å². The van der Waals surface area contributed by atoms with Crippen LogP contribution in [0.3, 0.4) is 0 Å². The molecule has 1 N–H and O–H groups in total. The van der Waals surface area contributed by atoms with E-state index >= 15 is 0 Å². The fourth-order valence-electron chi connectivity index (χ4n) is 1.28. The zero-order valence-corrected chi connectivity index (χ0v) is 10.3. The molecule has 0 atom stereocenters. The molecule has 0 radical (unpaired) electrons. The van der Waals surface area contributed by atoms with E-state index < -0.39 is 5.97 Å². The molecular weight excluding hydrogens is 218 g/mol. The van der Waals surface area contributed by atoms with Gasteiger partial charge in [0.1, 0.15) is 12.3 Å². The number of amides is 1. The van der Waals surface area contributed by atoms with Gasteiger partial charge in [0, 0.05) is 6.92 Å². The number of ether oxygens (including phenoxy) is 1. The summed E-state index contributed by atoms with van der Waals surface area (Å²) in [5, 5.41) is 2.38. The van der Waals surface area contributed by atoms with Gasteiger partial charge in [0.25, 0.3) is 0 Å². The molecule has 1 amide bonds. The molecule has 1 rings (SSSR count). The molecule has 0 bridgehead atoms. The minimum Gasteiger partial charge on any atom is -0.425 e. The quantitative estimate of drug-likeness (QED) is 0.640. The number of hydrogen-bond acceptors (Lipinski definition) is 3. The molecule has 1 aromatic carbocycles. The number of carbonyl (C=O) groups excluding carboxylic acids is 2. The van der Waals surface area contributed by atoms with Crippen LogP contribution in [0.5, 0.6) is 5.75 Å². The predicted molar refractivity (Wildman–Crippen MR) is 64.8 cm³/mol. The SMILES string of the molecule is CC(=O)NCC(=O)Oc1ccc(C(C)C)cc1. The van der Waals surface area contributed by atoms with Gasteiger partial charge < -0.3 is 10.1 Å². The second-order valence-corrected chi connectivity index (χ2v) is 4.11. The lowest BCUT2D eigenvalue weighted by Gasteiger charge is -2.07. The van der Waals surface area contributed by atoms with Crippen LogP contribution in [0.1, 0.15) is 32.3 Å². The molecule has 4 heteroatoms. The molecule has 0 heterocycles. The van der Waals surface area contributed by atoms with E-state index in [1.807, 2.05) is 12.1 Å². The van der Waals surface area contributed by atoms with Gasteiger partial charge >= 0.3 is 5.97 Å². The highest BCUT2D eigenvalue weighted by Gasteiger charge is 2.06. The van der Waals surface area contributed by atoms with Crippen molar-refractivity contribution in [2.45, 2.75) is 26.7 Å². The van der Waals surface area contributed by atoms with Gasteiger partial charge in [-0.25, -0.2) is 4.79 Å². The van der Waals surface area contributed by atoms with Crippen molar-refractivity contribution in [3.63, 3.8) is 0 Å². The zero-order valence-electron chi connectivity index (χ0n) is 10.3. The summed E-state index contributed by atoms with van der Waals surface area (Å²) in [5.74, 6) is 0.207. The maximum absolute atomic E-state index is 11.3. The molecule has 0 spiro atoms. The van der Waals surface area contributed by atoms with Gasteiger partial charge in [0.15, 0.2) is 0 Å². The molecule has 92 valence electrons. The number of benzene rings is 1. The van der Waals surface area contributed by atoms with Crippen molar-refractivity contribution in [2.75, 3.05) is 6.54 Å². The second kappa shape index (κ2) is 6.03. The van der Waals surface area contributed by atoms with Crippen LogP contribution in [-0.2, 0) is 9.59 Å². The van der Waals surface area contributed by atoms with E-state index in [-0.39, 0.29) is 12.5 Å². The Morgan fingerprint density at radius 1 is 1.24 bits per heavy atom. The van der Waals surface area contributed by atoms with Crippen LogP contribution >= 0.6 is 0 Å². The second-order valence-electron chi connectivity index (χ2n) is 4.11. The van der Waals surface area contributed by atoms with Crippen molar-refractivity contribution < 1.29 is 14.3 Å². The predicted octanol–water partition coefficient (Wildman–Crippen LogP) is 1.85. The third-order valence-corrected chi connectivity index (χ3v) is 2.26. The molecule has 1 aromatic rings. The molecule has 0 aromatic heterocycles. The van der Waals surface area contributed by atoms with Crippen molar-refractivity contribution in [1.29, 1.82) is 0 Å². The fourth-order valence-corrected chi connectivity index (χ4v) is 1.28. The van der Waals surface area contributed by atoms with Crippen LogP contribution in [0.4, 0.5) is 0 Å². The first-order chi connectivity index (χ1) is 7.99. The third-order valence-electron chi connectivity index (χ3n) is 2.26. The minimum absolute atomic E-state index is 0.110. The first kappa shape index (κ1) is 13.2. The van der Waals surface area contributed by atoms with Crippen molar-refractivity contribution >= 4 is 11.9 Å². The summed E-state index contributed by atoms with van der Waals surface area (Å²) < 4.78 is 5.05. The number of esters is 1. The van der Waals surface area contributed by atoms with Crippen LogP contribution in [0.15, 0.2) is 24.3 Å². The number of hydrogen-bond donors (Lipinski definition) is 1. The van der Waals surface area contributed by atoms with Crippen molar-refractivity contribution in [1.82, 2.24) is 5.32 Å². The van der Waals surface area contributed by atoms with Crippen LogP contribution in [0.2, 0.25) is 0 Å². The average molecular weight is 235 g/mol. The van der Waals surface area contributed by atoms with Crippen molar-refractivity contribution in [3.8, 4) is 5.75 Å². The Labute approximate surface area is 101 Å². The molecule has 0 saturated carbocycles. The summed E-state index contributed by atoms with van der Waals surface area (Å²) >= 11 is 0. The van der Waals surface area contributed by atoms with Crippen LogP contribution in [0, 0.1) is 0 Å². The largest absolute Gasteiger partial charge is 0.425 e. The van der Waals surface area contributed by atoms with Crippen LogP contribution in [-0.4, -0.2) is 18.4 Å². The summed E-state index contributed by atoms with van der Waals surface area (Å²) in [6.45, 7) is 5.43. The number of carbonyl (C=O) groups is 2. The maximum atomic E-state index is 11.3. The summed E-state index contributed by atoms with van der Waals surface area (Å²) in [7, 11) is 0. The van der Waals surface area contributed by atoms with Gasteiger partial charge in [0.05, 0.1) is 0 Å². The van der Waals surface area contributed by atoms with Crippen LogP contribution < -0.4 is 10.1 Å². The monoisotopic (exact) mass is 235 g/mol. The smallest absolute Gasteiger partial charge is 0.330 e. The Bertz CT molecular complexity index is 396. The lowest BCUT2D eigenvalue weighted by atomic mass is 10.0. The minimum atomic E-state index is -0.475. The lowest BCUT2D eigenvalue weighted by molar-refractivity contribution is -0.135. The van der Waals surface area contributed by atoms with E-state index in [9.17, 15) is 9.59 Å². The fraction of sp³-hybridized carbons (Fsp3) is 0.385. The first-order valence-electron chi connectivity index (χ1n) is 5.54. The molecule has 0 saturated heterocycles.